The number of para-hydroxylation sites is 1. The zero-order valence-corrected chi connectivity index (χ0v) is 19.0. The van der Waals surface area contributed by atoms with Crippen molar-refractivity contribution in [3.63, 3.8) is 0 Å². The second-order valence-corrected chi connectivity index (χ2v) is 8.04. The maximum absolute atomic E-state index is 12.0. The van der Waals surface area contributed by atoms with Gasteiger partial charge < -0.3 is 30.0 Å². The lowest BCUT2D eigenvalue weighted by molar-refractivity contribution is -0.138. The number of aromatic nitrogens is 1. The maximum atomic E-state index is 12.0. The van der Waals surface area contributed by atoms with Crippen LogP contribution >= 0.6 is 0 Å². The average molecular weight is 482 g/mol. The van der Waals surface area contributed by atoms with E-state index in [1.807, 2.05) is 0 Å². The van der Waals surface area contributed by atoms with Crippen LogP contribution in [0.4, 0.5) is 6.01 Å². The summed E-state index contributed by atoms with van der Waals surface area (Å²) in [6.07, 6.45) is 2.01. The molecule has 1 aliphatic rings. The lowest BCUT2D eigenvalue weighted by atomic mass is 10.1. The van der Waals surface area contributed by atoms with Crippen molar-refractivity contribution in [3.8, 4) is 11.5 Å². The number of nitrogens with one attached hydrogen (secondary N) is 3. The van der Waals surface area contributed by atoms with Gasteiger partial charge in [-0.05, 0) is 42.7 Å². The number of fused-ring (bicyclic) bond motifs is 1. The number of rotatable bonds is 10. The first-order valence-electron chi connectivity index (χ1n) is 11.4. The number of hydrogen-bond donors (Lipinski definition) is 5. The quantitative estimate of drug-likeness (QED) is 0.274. The zero-order chi connectivity index (χ0) is 24.6. The average Bonchev–Trinajstić information content (AvgIpc) is 3.27. The van der Waals surface area contributed by atoms with Gasteiger partial charge in [-0.3, -0.25) is 15.1 Å². The summed E-state index contributed by atoms with van der Waals surface area (Å²) in [5, 5.41) is 28.0. The second kappa shape index (κ2) is 11.2. The molecule has 2 heterocycles. The van der Waals surface area contributed by atoms with E-state index in [0.717, 1.165) is 18.5 Å². The third kappa shape index (κ3) is 6.62. The molecule has 1 atom stereocenters. The fraction of sp³-hybridized carbons (Fsp3) is 0.333. The minimum absolute atomic E-state index is 0.0178. The molecule has 0 spiro atoms. The molecule has 3 aromatic rings. The Bertz CT molecular complexity index is 1210. The Morgan fingerprint density at radius 3 is 2.74 bits per heavy atom. The van der Waals surface area contributed by atoms with E-state index in [-0.39, 0.29) is 29.6 Å². The van der Waals surface area contributed by atoms with Crippen LogP contribution in [0.5, 0.6) is 11.5 Å². The fourth-order valence-electron chi connectivity index (χ4n) is 3.54. The van der Waals surface area contributed by atoms with Gasteiger partial charge in [-0.15, -0.1) is 0 Å². The molecule has 1 aliphatic heterocycles. The number of nitrogens with zero attached hydrogens (tertiary/aromatic N) is 2. The van der Waals surface area contributed by atoms with Crippen LogP contribution in [-0.4, -0.2) is 58.8 Å². The predicted molar refractivity (Wildman–Crippen MR) is 129 cm³/mol. The number of aromatic hydroxyl groups is 1. The highest BCUT2D eigenvalue weighted by molar-refractivity contribution is 5.97. The molecule has 0 radical (unpaired) electrons. The summed E-state index contributed by atoms with van der Waals surface area (Å²) in [6, 6.07) is 10.8. The zero-order valence-electron chi connectivity index (χ0n) is 19.0. The minimum atomic E-state index is -1.07. The van der Waals surface area contributed by atoms with Crippen LogP contribution in [0.3, 0.4) is 0 Å². The van der Waals surface area contributed by atoms with Crippen molar-refractivity contribution in [2.24, 2.45) is 4.99 Å². The molecule has 0 bridgehead atoms. The van der Waals surface area contributed by atoms with Gasteiger partial charge in [0.2, 0.25) is 5.91 Å². The third-order valence-corrected chi connectivity index (χ3v) is 5.33. The Labute approximate surface area is 201 Å². The highest BCUT2D eigenvalue weighted by Gasteiger charge is 2.21. The molecule has 11 heteroatoms. The summed E-state index contributed by atoms with van der Waals surface area (Å²) in [5.74, 6) is -0.0659. The van der Waals surface area contributed by atoms with E-state index in [1.165, 1.54) is 6.07 Å². The molecule has 184 valence electrons. The molecular formula is C24H27N5O6. The summed E-state index contributed by atoms with van der Waals surface area (Å²) in [4.78, 5) is 32.1. The first-order chi connectivity index (χ1) is 17.0. The van der Waals surface area contributed by atoms with Crippen molar-refractivity contribution in [2.45, 2.75) is 31.7 Å². The Hall–Kier alpha value is -4.28. The van der Waals surface area contributed by atoms with Gasteiger partial charge in [-0.2, -0.15) is 4.98 Å². The van der Waals surface area contributed by atoms with E-state index in [2.05, 4.69) is 25.9 Å². The molecule has 0 saturated heterocycles. The normalized spacial score (nSPS) is 14.0. The molecule has 2 aromatic carbocycles. The number of carboxylic acids is 1. The van der Waals surface area contributed by atoms with Gasteiger partial charge in [-0.1, -0.05) is 18.2 Å². The fourth-order valence-corrected chi connectivity index (χ4v) is 3.54. The molecule has 0 unspecified atom stereocenters. The van der Waals surface area contributed by atoms with Crippen molar-refractivity contribution in [3.05, 3.63) is 48.0 Å². The van der Waals surface area contributed by atoms with Crippen LogP contribution in [0.2, 0.25) is 0 Å². The Morgan fingerprint density at radius 1 is 1.20 bits per heavy atom. The molecule has 1 amide bonds. The van der Waals surface area contributed by atoms with Gasteiger partial charge >= 0.3 is 5.97 Å². The molecule has 0 saturated carbocycles. The monoisotopic (exact) mass is 481 g/mol. The number of benzene rings is 2. The van der Waals surface area contributed by atoms with E-state index in [0.29, 0.717) is 43.3 Å². The Morgan fingerprint density at radius 2 is 2.03 bits per heavy atom. The van der Waals surface area contributed by atoms with Gasteiger partial charge in [0.15, 0.2) is 17.1 Å². The number of hydrogen-bond acceptors (Lipinski definition) is 9. The first kappa shape index (κ1) is 23.9. The molecule has 1 aromatic heterocycles. The smallest absolute Gasteiger partial charge is 0.326 e. The summed E-state index contributed by atoms with van der Waals surface area (Å²) in [7, 11) is 0. The lowest BCUT2D eigenvalue weighted by Gasteiger charge is -2.15. The number of oxazole rings is 1. The van der Waals surface area contributed by atoms with Crippen molar-refractivity contribution < 1.29 is 29.0 Å². The summed E-state index contributed by atoms with van der Waals surface area (Å²) >= 11 is 0. The molecule has 0 fully saturated rings. The van der Waals surface area contributed by atoms with E-state index in [1.54, 1.807) is 36.4 Å². The van der Waals surface area contributed by atoms with Gasteiger partial charge in [0.25, 0.3) is 6.01 Å². The van der Waals surface area contributed by atoms with Crippen LogP contribution in [-0.2, 0) is 16.0 Å². The van der Waals surface area contributed by atoms with Crippen molar-refractivity contribution in [1.29, 1.82) is 0 Å². The van der Waals surface area contributed by atoms with E-state index in [9.17, 15) is 19.8 Å². The lowest BCUT2D eigenvalue weighted by Crippen LogP contribution is -2.43. The van der Waals surface area contributed by atoms with Crippen LogP contribution in [0.1, 0.15) is 24.8 Å². The van der Waals surface area contributed by atoms with Crippen molar-refractivity contribution >= 4 is 35.0 Å². The van der Waals surface area contributed by atoms with Gasteiger partial charge in [0.1, 0.15) is 17.5 Å². The van der Waals surface area contributed by atoms with E-state index >= 15 is 0 Å². The summed E-state index contributed by atoms with van der Waals surface area (Å²) in [5.41, 5.74) is 1.39. The largest absolute Gasteiger partial charge is 0.506 e. The topological polar surface area (TPSA) is 158 Å². The number of anilines is 1. The van der Waals surface area contributed by atoms with E-state index < -0.39 is 12.0 Å². The van der Waals surface area contributed by atoms with Crippen LogP contribution in [0, 0.1) is 0 Å². The Kier molecular flexibility index (Phi) is 7.66. The number of guanidine groups is 1. The van der Waals surface area contributed by atoms with Crippen LogP contribution in [0.25, 0.3) is 11.1 Å². The maximum Gasteiger partial charge on any atom is 0.326 e. The number of aliphatic carboxylic acids is 1. The number of carboxylic acid groups (broad SMARTS) is 1. The minimum Gasteiger partial charge on any atom is -0.506 e. The highest BCUT2D eigenvalue weighted by atomic mass is 16.5. The van der Waals surface area contributed by atoms with Gasteiger partial charge in [-0.25, -0.2) is 4.79 Å². The number of phenols is 1. The second-order valence-electron chi connectivity index (χ2n) is 8.04. The SMILES string of the molecule is O=C(CCCOc1ccc(C[C@H](Nc2nc3c(O)cccc3o2)C(=O)O)cc1)NC1=NCCCN1. The van der Waals surface area contributed by atoms with Gasteiger partial charge in [0.05, 0.1) is 6.61 Å². The highest BCUT2D eigenvalue weighted by Crippen LogP contribution is 2.27. The predicted octanol–water partition coefficient (Wildman–Crippen LogP) is 2.27. The number of aliphatic imine (C=N–C) groups is 1. The molecule has 0 aliphatic carbocycles. The number of amides is 1. The van der Waals surface area contributed by atoms with Crippen molar-refractivity contribution in [1.82, 2.24) is 15.6 Å². The molecule has 4 rings (SSSR count). The van der Waals surface area contributed by atoms with Crippen molar-refractivity contribution in [2.75, 3.05) is 25.0 Å². The number of ether oxygens (including phenoxy) is 1. The number of carbonyl (C=O) groups is 2. The molecule has 5 N–H and O–H groups in total. The summed E-state index contributed by atoms with van der Waals surface area (Å²) < 4.78 is 11.2. The summed E-state index contributed by atoms with van der Waals surface area (Å²) in [6.45, 7) is 1.89. The van der Waals surface area contributed by atoms with Crippen LogP contribution < -0.4 is 20.7 Å². The van der Waals surface area contributed by atoms with Gasteiger partial charge in [0, 0.05) is 25.9 Å². The standard InChI is InChI=1S/C24H27N5O6/c30-18-4-1-5-19-21(18)29-24(35-19)27-17(22(32)33)14-15-7-9-16(10-8-15)34-13-2-6-20(31)28-23-25-11-3-12-26-23/h1,4-5,7-10,17,30H,2-3,6,11-14H2,(H,27,29)(H,32,33)(H2,25,26,28,31)/t17-/m0/s1. The molecular weight excluding hydrogens is 454 g/mol. The van der Waals surface area contributed by atoms with Crippen LogP contribution in [0.15, 0.2) is 51.9 Å². The van der Waals surface area contributed by atoms with E-state index in [4.69, 9.17) is 9.15 Å². The molecule has 11 nitrogen and oxygen atoms in total. The number of carbonyl (C=O) groups excluding carboxylic acids is 1. The third-order valence-electron chi connectivity index (χ3n) is 5.33. The number of phenolic OH excluding ortho intramolecular Hbond substituents is 1. The Balaban J connectivity index is 1.24. The first-order valence-corrected chi connectivity index (χ1v) is 11.4. The molecule has 35 heavy (non-hydrogen) atoms.